The van der Waals surface area contributed by atoms with E-state index < -0.39 is 16.1 Å². The van der Waals surface area contributed by atoms with Crippen LogP contribution in [0, 0.1) is 20.8 Å². The monoisotopic (exact) mass is 696 g/mol. The predicted molar refractivity (Wildman–Crippen MR) is 183 cm³/mol. The molecule has 44 heavy (non-hydrogen) atoms. The van der Waals surface area contributed by atoms with Crippen molar-refractivity contribution in [1.82, 2.24) is 0 Å². The maximum atomic E-state index is 10.9. The second-order valence-electron chi connectivity index (χ2n) is 10.8. The summed E-state index contributed by atoms with van der Waals surface area (Å²) in [5.41, 5.74) is 3.60. The van der Waals surface area contributed by atoms with Gasteiger partial charge in [-0.1, -0.05) is 53.1 Å². The van der Waals surface area contributed by atoms with Gasteiger partial charge in [0.1, 0.15) is 28.9 Å². The summed E-state index contributed by atoms with van der Waals surface area (Å²) in [4.78, 5) is 0. The van der Waals surface area contributed by atoms with Gasteiger partial charge in [-0.2, -0.15) is 0 Å². The number of hydrogen-bond donors (Lipinski definition) is 1. The van der Waals surface area contributed by atoms with E-state index in [1.165, 1.54) is 32.6 Å². The lowest BCUT2D eigenvalue weighted by Gasteiger charge is -2.30. The van der Waals surface area contributed by atoms with Crippen molar-refractivity contribution in [3.63, 3.8) is 0 Å². The molecule has 0 fully saturated rings. The van der Waals surface area contributed by atoms with Crippen LogP contribution >= 0.6 is 7.26 Å². The van der Waals surface area contributed by atoms with Crippen LogP contribution in [0.1, 0.15) is 43.9 Å². The quantitative estimate of drug-likeness (QED) is 0.117. The fourth-order valence-corrected chi connectivity index (χ4v) is 12.4. The van der Waals surface area contributed by atoms with E-state index in [0.717, 1.165) is 17.5 Å². The number of halogens is 1. The van der Waals surface area contributed by atoms with Gasteiger partial charge in [-0.25, -0.2) is 0 Å². The van der Waals surface area contributed by atoms with Gasteiger partial charge in [0.2, 0.25) is 0 Å². The van der Waals surface area contributed by atoms with Gasteiger partial charge in [-0.15, -0.1) is 0 Å². The number of ether oxygens (including phenoxy) is 1. The molecule has 0 aliphatic rings. The lowest BCUT2D eigenvalue weighted by molar-refractivity contribution is -0.0000210. The fraction of sp³-hybridized carbons (Fsp3) is 0.333. The zero-order valence-corrected chi connectivity index (χ0v) is 30.3. The summed E-state index contributed by atoms with van der Waals surface area (Å²) in [5, 5.41) is 15.6. The van der Waals surface area contributed by atoms with Crippen molar-refractivity contribution in [2.24, 2.45) is 0 Å². The smallest absolute Gasteiger partial charge is 0.501 e. The van der Waals surface area contributed by atoms with Gasteiger partial charge in [0.05, 0.1) is 6.61 Å². The van der Waals surface area contributed by atoms with Crippen LogP contribution in [-0.4, -0.2) is 40.3 Å². The van der Waals surface area contributed by atoms with Crippen LogP contribution in [-0.2, 0) is 13.3 Å². The van der Waals surface area contributed by atoms with E-state index in [2.05, 4.69) is 93.6 Å². The van der Waals surface area contributed by atoms with E-state index in [0.29, 0.717) is 32.5 Å². The fourth-order valence-electron chi connectivity index (χ4n) is 5.53. The van der Waals surface area contributed by atoms with E-state index in [-0.39, 0.29) is 22.7 Å². The van der Waals surface area contributed by atoms with Gasteiger partial charge in [0.15, 0.2) is 11.1 Å². The maximum absolute atomic E-state index is 10.9. The van der Waals surface area contributed by atoms with E-state index >= 15 is 0 Å². The molecule has 236 valence electrons. The highest BCUT2D eigenvalue weighted by Gasteiger charge is 2.50. The summed E-state index contributed by atoms with van der Waals surface area (Å²) in [6.45, 7) is 14.4. The maximum Gasteiger partial charge on any atom is 0.501 e. The van der Waals surface area contributed by atoms with Crippen LogP contribution in [0.3, 0.4) is 0 Å². The average molecular weight is 698 g/mol. The zero-order valence-electron chi connectivity index (χ0n) is 26.8. The Bertz CT molecular complexity index is 1320. The SMILES string of the molecule is CCO[Si](CCCOc1ccc(O)cc1[P+](c1ccc(C)cc1)(c1ccc(C)cc1)c1ccc(C)cc1)(OCC)OCC.[Br-]. The first-order valence-electron chi connectivity index (χ1n) is 15.3. The molecule has 0 unspecified atom stereocenters. The highest BCUT2D eigenvalue weighted by Crippen LogP contribution is 2.56. The molecular formula is C36H46BrO5PSi. The molecule has 4 aromatic carbocycles. The van der Waals surface area contributed by atoms with Crippen molar-refractivity contribution in [2.45, 2.75) is 54.0 Å². The molecule has 4 rings (SSSR count). The standard InChI is InChI=1S/C36H45O5PSi.BrH/c1-7-39-43(40-8-2,41-9-3)26-10-25-38-35-24-17-31(37)27-36(35)42(32-18-11-28(4)12-19-32,33-20-13-29(5)14-21-33)34-22-15-30(6)16-23-34;/h11-24,27H,7-10,25-26H2,1-6H3;1H. The van der Waals surface area contributed by atoms with Gasteiger partial charge in [0, 0.05) is 31.9 Å². The second-order valence-corrected chi connectivity index (χ2v) is 16.9. The third-order valence-electron chi connectivity index (χ3n) is 7.55. The third-order valence-corrected chi connectivity index (χ3v) is 15.0. The summed E-state index contributed by atoms with van der Waals surface area (Å²) >= 11 is 0. The highest BCUT2D eigenvalue weighted by molar-refractivity contribution is 8.01. The van der Waals surface area contributed by atoms with Crippen molar-refractivity contribution in [3.05, 3.63) is 108 Å². The lowest BCUT2D eigenvalue weighted by Crippen LogP contribution is -3.00. The number of hydrogen-bond acceptors (Lipinski definition) is 5. The van der Waals surface area contributed by atoms with E-state index in [1.54, 1.807) is 6.07 Å². The molecular weight excluding hydrogens is 651 g/mol. The van der Waals surface area contributed by atoms with Crippen LogP contribution in [0.4, 0.5) is 0 Å². The van der Waals surface area contributed by atoms with E-state index in [4.69, 9.17) is 18.0 Å². The lowest BCUT2D eigenvalue weighted by atomic mass is 10.2. The Kier molecular flexibility index (Phi) is 13.6. The van der Waals surface area contributed by atoms with Gasteiger partial charge in [-0.05, 0) is 96.5 Å². The Morgan fingerprint density at radius 1 is 0.614 bits per heavy atom. The number of aromatic hydroxyl groups is 1. The molecule has 0 aromatic heterocycles. The van der Waals surface area contributed by atoms with Crippen LogP contribution in [0.2, 0.25) is 6.04 Å². The van der Waals surface area contributed by atoms with Crippen molar-refractivity contribution in [1.29, 1.82) is 0 Å². The summed E-state index contributed by atoms with van der Waals surface area (Å²) in [6.07, 6.45) is 0.720. The topological polar surface area (TPSA) is 57.2 Å². The molecule has 0 amide bonds. The minimum Gasteiger partial charge on any atom is -1.00 e. The van der Waals surface area contributed by atoms with E-state index in [1.807, 2.05) is 32.9 Å². The van der Waals surface area contributed by atoms with Crippen LogP contribution < -0.4 is 42.9 Å². The molecule has 0 heterocycles. The van der Waals surface area contributed by atoms with Crippen molar-refractivity contribution in [3.8, 4) is 11.5 Å². The van der Waals surface area contributed by atoms with Gasteiger partial charge in [-0.3, -0.25) is 0 Å². The molecule has 0 atom stereocenters. The van der Waals surface area contributed by atoms with Crippen molar-refractivity contribution in [2.75, 3.05) is 26.4 Å². The van der Waals surface area contributed by atoms with Gasteiger partial charge >= 0.3 is 8.80 Å². The first kappa shape index (κ1) is 36.0. The minimum absolute atomic E-state index is 0. The number of benzene rings is 4. The first-order valence-corrected chi connectivity index (χ1v) is 19.0. The molecule has 0 radical (unpaired) electrons. The zero-order chi connectivity index (χ0) is 30.9. The van der Waals surface area contributed by atoms with Crippen molar-refractivity contribution < 1.29 is 40.1 Å². The molecule has 0 bridgehead atoms. The molecule has 4 aromatic rings. The Labute approximate surface area is 276 Å². The molecule has 0 aliphatic heterocycles. The highest BCUT2D eigenvalue weighted by atomic mass is 79.9. The van der Waals surface area contributed by atoms with Crippen LogP contribution in [0.15, 0.2) is 91.0 Å². The third kappa shape index (κ3) is 8.19. The second kappa shape index (κ2) is 16.7. The minimum atomic E-state index is -2.78. The Hall–Kier alpha value is -2.51. The Morgan fingerprint density at radius 2 is 1.02 bits per heavy atom. The molecule has 5 nitrogen and oxygen atoms in total. The Balaban J connectivity index is 0.00000529. The molecule has 8 heteroatoms. The largest absolute Gasteiger partial charge is 1.00 e. The summed E-state index contributed by atoms with van der Waals surface area (Å²) in [6, 6.07) is 32.7. The molecule has 0 saturated carbocycles. The average Bonchev–Trinajstić information content (AvgIpc) is 2.99. The number of phenolic OH excluding ortho intramolecular Hbond substituents is 1. The summed E-state index contributed by atoms with van der Waals surface area (Å²) in [7, 11) is -5.27. The number of aryl methyl sites for hydroxylation is 3. The summed E-state index contributed by atoms with van der Waals surface area (Å²) < 4.78 is 24.8. The van der Waals surface area contributed by atoms with Gasteiger partial charge in [0.25, 0.3) is 0 Å². The summed E-state index contributed by atoms with van der Waals surface area (Å²) in [5.74, 6) is 0.984. The Morgan fingerprint density at radius 3 is 1.41 bits per heavy atom. The van der Waals surface area contributed by atoms with E-state index in [9.17, 15) is 5.11 Å². The number of rotatable bonds is 15. The van der Waals surface area contributed by atoms with Crippen LogP contribution in [0.5, 0.6) is 11.5 Å². The number of phenols is 1. The molecule has 0 spiro atoms. The predicted octanol–water partition coefficient (Wildman–Crippen LogP) is 3.76. The van der Waals surface area contributed by atoms with Crippen LogP contribution in [0.25, 0.3) is 0 Å². The molecule has 0 saturated heterocycles. The van der Waals surface area contributed by atoms with Gasteiger partial charge < -0.3 is 40.1 Å². The molecule has 0 aliphatic carbocycles. The normalized spacial score (nSPS) is 11.7. The first-order chi connectivity index (χ1) is 20.8. The van der Waals surface area contributed by atoms with Crippen molar-refractivity contribution >= 4 is 37.3 Å². The molecule has 1 N–H and O–H groups in total.